The quantitative estimate of drug-likeness (QED) is 0.590. The fraction of sp³-hybridized carbons (Fsp3) is 0.333. The first-order chi connectivity index (χ1) is 5.24. The number of hydrogen-bond acceptors (Lipinski definition) is 1. The Morgan fingerprint density at radius 2 is 2.09 bits per heavy atom. The molecule has 0 unspecified atom stereocenters. The highest BCUT2D eigenvalue weighted by Gasteiger charge is 1.89. The van der Waals surface area contributed by atoms with E-state index in [9.17, 15) is 0 Å². The highest BCUT2D eigenvalue weighted by Crippen LogP contribution is 2.15. The van der Waals surface area contributed by atoms with Crippen molar-refractivity contribution in [3.05, 3.63) is 35.3 Å². The van der Waals surface area contributed by atoms with Crippen LogP contribution in [0, 0.1) is 6.92 Å². The highest BCUT2D eigenvalue weighted by atomic mass is 15.5. The molecular weight excluding hydrogens is 136 g/mol. The van der Waals surface area contributed by atoms with Gasteiger partial charge in [-0.2, -0.15) is 0 Å². The lowest BCUT2D eigenvalue weighted by atomic mass is 10.2. The first-order valence-electron chi connectivity index (χ1n) is 3.64. The van der Waals surface area contributed by atoms with Gasteiger partial charge in [-0.3, -0.25) is 0 Å². The Bertz CT molecular complexity index is 233. The van der Waals surface area contributed by atoms with Gasteiger partial charge in [-0.05, 0) is 31.7 Å². The van der Waals surface area contributed by atoms with E-state index in [1.54, 1.807) is 7.05 Å². The lowest BCUT2D eigenvalue weighted by Gasteiger charge is -2.31. The molecule has 1 aromatic carbocycles. The van der Waals surface area contributed by atoms with Crippen LogP contribution in [0.25, 0.3) is 5.43 Å². The van der Waals surface area contributed by atoms with Gasteiger partial charge in [0.2, 0.25) is 0 Å². The molecule has 0 N–H and O–H groups in total. The van der Waals surface area contributed by atoms with Gasteiger partial charge in [-0.15, -0.1) is 7.05 Å². The number of benzene rings is 1. The third-order valence-corrected chi connectivity index (χ3v) is 1.68. The van der Waals surface area contributed by atoms with Gasteiger partial charge < -0.3 is 10.4 Å². The minimum atomic E-state index is 1.13. The minimum absolute atomic E-state index is 1.13. The second-order valence-electron chi connectivity index (χ2n) is 2.56. The van der Waals surface area contributed by atoms with E-state index in [0.717, 1.165) is 5.69 Å². The van der Waals surface area contributed by atoms with Crippen LogP contribution in [0.1, 0.15) is 5.56 Å². The molecule has 11 heavy (non-hydrogen) atoms. The van der Waals surface area contributed by atoms with E-state index >= 15 is 0 Å². The molecule has 0 saturated heterocycles. The van der Waals surface area contributed by atoms with Crippen molar-refractivity contribution in [1.82, 2.24) is 0 Å². The Morgan fingerprint density at radius 1 is 1.36 bits per heavy atom. The van der Waals surface area contributed by atoms with Gasteiger partial charge in [0.05, 0.1) is 0 Å². The molecule has 0 saturated carbocycles. The lowest BCUT2D eigenvalue weighted by molar-refractivity contribution is 1.13. The van der Waals surface area contributed by atoms with Crippen molar-refractivity contribution in [3.63, 3.8) is 0 Å². The SMILES string of the molecule is C[N-]N(C)c1cccc(C)c1. The molecule has 0 atom stereocenters. The van der Waals surface area contributed by atoms with Crippen LogP contribution in [0.5, 0.6) is 0 Å². The summed E-state index contributed by atoms with van der Waals surface area (Å²) in [4.78, 5) is 0. The van der Waals surface area contributed by atoms with Crippen LogP contribution in [0.2, 0.25) is 0 Å². The Morgan fingerprint density at radius 3 is 2.64 bits per heavy atom. The summed E-state index contributed by atoms with van der Waals surface area (Å²) in [7, 11) is 3.72. The second kappa shape index (κ2) is 3.39. The van der Waals surface area contributed by atoms with Crippen LogP contribution >= 0.6 is 0 Å². The van der Waals surface area contributed by atoms with Crippen molar-refractivity contribution in [3.8, 4) is 0 Å². The van der Waals surface area contributed by atoms with Crippen molar-refractivity contribution in [2.75, 3.05) is 19.1 Å². The number of aryl methyl sites for hydroxylation is 1. The maximum atomic E-state index is 4.03. The van der Waals surface area contributed by atoms with Crippen molar-refractivity contribution < 1.29 is 0 Å². The van der Waals surface area contributed by atoms with Crippen LogP contribution in [0.4, 0.5) is 5.69 Å². The molecule has 0 aliphatic rings. The Labute approximate surface area is 67.8 Å². The topological polar surface area (TPSA) is 17.3 Å². The van der Waals surface area contributed by atoms with E-state index in [2.05, 4.69) is 24.5 Å². The summed E-state index contributed by atoms with van der Waals surface area (Å²) < 4.78 is 0. The van der Waals surface area contributed by atoms with Gasteiger partial charge in [0.1, 0.15) is 0 Å². The van der Waals surface area contributed by atoms with Crippen LogP contribution in [-0.4, -0.2) is 14.1 Å². The molecule has 0 spiro atoms. The Balaban J connectivity index is 2.86. The first kappa shape index (κ1) is 8.08. The maximum Gasteiger partial charge on any atom is 0.0196 e. The number of anilines is 1. The van der Waals surface area contributed by atoms with Crippen LogP contribution in [-0.2, 0) is 0 Å². The summed E-state index contributed by atoms with van der Waals surface area (Å²) in [5.41, 5.74) is 6.43. The first-order valence-corrected chi connectivity index (χ1v) is 3.64. The third-order valence-electron chi connectivity index (χ3n) is 1.68. The van der Waals surface area contributed by atoms with E-state index in [0.29, 0.717) is 0 Å². The minimum Gasteiger partial charge on any atom is -0.571 e. The zero-order valence-electron chi connectivity index (χ0n) is 7.20. The average molecular weight is 149 g/mol. The standard InChI is InChI=1S/C9H13N2/c1-8-5-4-6-9(7-8)11(3)10-2/h4-7H,1-3H3/q-1. The van der Waals surface area contributed by atoms with E-state index in [1.165, 1.54) is 5.56 Å². The number of rotatable bonds is 2. The Kier molecular flexibility index (Phi) is 2.49. The molecule has 1 aromatic rings. The molecule has 1 rings (SSSR count). The van der Waals surface area contributed by atoms with Crippen LogP contribution in [0.3, 0.4) is 0 Å². The highest BCUT2D eigenvalue weighted by molar-refractivity contribution is 5.49. The van der Waals surface area contributed by atoms with E-state index in [1.807, 2.05) is 24.2 Å². The third kappa shape index (κ3) is 1.95. The predicted molar refractivity (Wildman–Crippen MR) is 48.9 cm³/mol. The lowest BCUT2D eigenvalue weighted by Crippen LogP contribution is -2.08. The van der Waals surface area contributed by atoms with E-state index < -0.39 is 0 Å². The molecule has 0 aromatic heterocycles. The molecule has 0 amide bonds. The Hall–Kier alpha value is -1.02. The molecule has 0 bridgehead atoms. The molecule has 60 valence electrons. The summed E-state index contributed by atoms with van der Waals surface area (Å²) in [6, 6.07) is 8.26. The van der Waals surface area contributed by atoms with Gasteiger partial charge in [0.25, 0.3) is 0 Å². The van der Waals surface area contributed by atoms with Crippen LogP contribution < -0.4 is 5.01 Å². The average Bonchev–Trinajstić information content (AvgIpc) is 2.03. The second-order valence-corrected chi connectivity index (χ2v) is 2.56. The van der Waals surface area contributed by atoms with Crippen molar-refractivity contribution in [2.45, 2.75) is 6.92 Å². The number of nitrogens with zero attached hydrogens (tertiary/aromatic N) is 2. The molecule has 2 nitrogen and oxygen atoms in total. The van der Waals surface area contributed by atoms with Crippen LogP contribution in [0.15, 0.2) is 24.3 Å². The molecular formula is C9H13N2-. The maximum absolute atomic E-state index is 4.03. The summed E-state index contributed by atoms with van der Waals surface area (Å²) >= 11 is 0. The van der Waals surface area contributed by atoms with Gasteiger partial charge in [0, 0.05) is 5.69 Å². The summed E-state index contributed by atoms with van der Waals surface area (Å²) in [6.07, 6.45) is 0. The monoisotopic (exact) mass is 149 g/mol. The molecule has 0 heterocycles. The van der Waals surface area contributed by atoms with Crippen molar-refractivity contribution in [1.29, 1.82) is 0 Å². The van der Waals surface area contributed by atoms with E-state index in [4.69, 9.17) is 0 Å². The predicted octanol–water partition coefficient (Wildman–Crippen LogP) is 2.35. The van der Waals surface area contributed by atoms with E-state index in [-0.39, 0.29) is 0 Å². The molecule has 0 aliphatic carbocycles. The molecule has 0 radical (unpaired) electrons. The normalized spacial score (nSPS) is 9.73. The summed E-state index contributed by atoms with van der Waals surface area (Å²) in [5.74, 6) is 0. The fourth-order valence-corrected chi connectivity index (χ4v) is 0.945. The molecule has 0 aliphatic heterocycles. The van der Waals surface area contributed by atoms with Gasteiger partial charge >= 0.3 is 0 Å². The molecule has 2 heteroatoms. The fourth-order valence-electron chi connectivity index (χ4n) is 0.945. The van der Waals surface area contributed by atoms with Crippen molar-refractivity contribution in [2.24, 2.45) is 0 Å². The zero-order chi connectivity index (χ0) is 8.27. The smallest absolute Gasteiger partial charge is 0.0196 e. The van der Waals surface area contributed by atoms with Gasteiger partial charge in [-0.1, -0.05) is 12.1 Å². The largest absolute Gasteiger partial charge is 0.571 e. The summed E-state index contributed by atoms with van der Waals surface area (Å²) in [5, 5.41) is 1.85. The van der Waals surface area contributed by atoms with Gasteiger partial charge in [-0.25, -0.2) is 0 Å². The van der Waals surface area contributed by atoms with Crippen molar-refractivity contribution >= 4 is 5.69 Å². The molecule has 0 fully saturated rings. The summed E-state index contributed by atoms with van der Waals surface area (Å²) in [6.45, 7) is 2.08. The number of hydrogen-bond donors (Lipinski definition) is 0. The zero-order valence-corrected chi connectivity index (χ0v) is 7.20. The van der Waals surface area contributed by atoms with Gasteiger partial charge in [0.15, 0.2) is 0 Å².